The molecule has 0 aliphatic heterocycles. The van der Waals surface area contributed by atoms with Crippen LogP contribution < -0.4 is 10.4 Å². The smallest absolute Gasteiger partial charge is 0.295 e. The lowest BCUT2D eigenvalue weighted by atomic mass is 10.3. The summed E-state index contributed by atoms with van der Waals surface area (Å²) < 4.78 is 29.8. The molecular weight excluding hydrogens is 306 g/mol. The minimum atomic E-state index is -3.68. The molecule has 8 heteroatoms. The van der Waals surface area contributed by atoms with Gasteiger partial charge in [-0.3, -0.25) is 9.36 Å². The van der Waals surface area contributed by atoms with Crippen LogP contribution in [0.3, 0.4) is 0 Å². The molecule has 0 bridgehead atoms. The molecule has 0 radical (unpaired) electrons. The number of hydrogen-bond acceptors (Lipinski definition) is 4. The van der Waals surface area contributed by atoms with Gasteiger partial charge in [0.05, 0.1) is 15.9 Å². The lowest BCUT2D eigenvalue weighted by molar-refractivity contribution is 0.0936. The molecule has 0 spiro atoms. The third-order valence-electron chi connectivity index (χ3n) is 4.03. The topological polar surface area (TPSA) is 90.2 Å². The number of imidazole rings is 1. The zero-order valence-corrected chi connectivity index (χ0v) is 13.4. The summed E-state index contributed by atoms with van der Waals surface area (Å²) in [5.41, 5.74) is -0.0650. The number of aryl methyl sites for hydroxylation is 1. The quantitative estimate of drug-likeness (QED) is 0.906. The molecule has 1 aromatic carbocycles. The van der Waals surface area contributed by atoms with E-state index in [9.17, 15) is 18.0 Å². The molecule has 1 aliphatic rings. The fourth-order valence-electron chi connectivity index (χ4n) is 2.47. The number of aromatic nitrogens is 2. The fraction of sp³-hybridized carbons (Fsp3) is 0.429. The van der Waals surface area contributed by atoms with E-state index in [1.54, 1.807) is 13.1 Å². The fourth-order valence-corrected chi connectivity index (χ4v) is 3.95. The Hall–Kier alpha value is -1.93. The van der Waals surface area contributed by atoms with Crippen molar-refractivity contribution in [2.75, 3.05) is 0 Å². The average molecular weight is 323 g/mol. The van der Waals surface area contributed by atoms with Gasteiger partial charge < -0.3 is 0 Å². The van der Waals surface area contributed by atoms with Crippen LogP contribution in [-0.2, 0) is 17.1 Å². The monoisotopic (exact) mass is 323 g/mol. The van der Waals surface area contributed by atoms with Crippen LogP contribution in [-0.4, -0.2) is 29.0 Å². The van der Waals surface area contributed by atoms with Gasteiger partial charge in [-0.15, -0.1) is 0 Å². The standard InChI is InChI=1S/C14H17N3O4S/c1-9(18)17-12-8-10(4-5-11(12)16(3)13(17)19)22(20,21)15-14(2)6-7-14/h4-5,8,15H,6-7H2,1-3H3. The van der Waals surface area contributed by atoms with Gasteiger partial charge in [-0.1, -0.05) is 0 Å². The van der Waals surface area contributed by atoms with E-state index in [4.69, 9.17) is 0 Å². The number of carbonyl (C=O) groups excluding carboxylic acids is 1. The Morgan fingerprint density at radius 2 is 1.91 bits per heavy atom. The zero-order chi connectivity index (χ0) is 16.3. The van der Waals surface area contributed by atoms with Crippen molar-refractivity contribution in [2.24, 2.45) is 7.05 Å². The van der Waals surface area contributed by atoms with E-state index in [1.807, 2.05) is 6.92 Å². The van der Waals surface area contributed by atoms with E-state index in [0.29, 0.717) is 11.0 Å². The lowest BCUT2D eigenvalue weighted by Gasteiger charge is -2.12. The largest absolute Gasteiger partial charge is 0.335 e. The van der Waals surface area contributed by atoms with Crippen LogP contribution in [0.1, 0.15) is 31.5 Å². The number of hydrogen-bond donors (Lipinski definition) is 1. The normalized spacial score (nSPS) is 16.9. The number of rotatable bonds is 3. The van der Waals surface area contributed by atoms with Crippen molar-refractivity contribution in [2.45, 2.75) is 37.1 Å². The minimum Gasteiger partial charge on any atom is -0.295 e. The molecule has 3 rings (SSSR count). The lowest BCUT2D eigenvalue weighted by Crippen LogP contribution is -2.34. The molecule has 7 nitrogen and oxygen atoms in total. The molecule has 0 unspecified atom stereocenters. The summed E-state index contributed by atoms with van der Waals surface area (Å²) >= 11 is 0. The maximum absolute atomic E-state index is 12.4. The molecule has 1 saturated carbocycles. The van der Waals surface area contributed by atoms with Gasteiger partial charge >= 0.3 is 5.69 Å². The molecular formula is C14H17N3O4S. The van der Waals surface area contributed by atoms with Gasteiger partial charge in [0.1, 0.15) is 0 Å². The Morgan fingerprint density at radius 3 is 2.45 bits per heavy atom. The number of nitrogens with one attached hydrogen (secondary N) is 1. The molecule has 118 valence electrons. The van der Waals surface area contributed by atoms with Crippen molar-refractivity contribution in [1.82, 2.24) is 13.9 Å². The van der Waals surface area contributed by atoms with Gasteiger partial charge in [0.15, 0.2) is 0 Å². The van der Waals surface area contributed by atoms with E-state index < -0.39 is 21.6 Å². The second-order valence-corrected chi connectivity index (χ2v) is 7.70. The second kappa shape index (κ2) is 4.53. The SMILES string of the molecule is CC(=O)n1c(=O)n(C)c2ccc(S(=O)(=O)NC3(C)CC3)cc21. The van der Waals surface area contributed by atoms with Crippen LogP contribution >= 0.6 is 0 Å². The highest BCUT2D eigenvalue weighted by Gasteiger charge is 2.41. The summed E-state index contributed by atoms with van der Waals surface area (Å²) in [6.45, 7) is 3.11. The van der Waals surface area contributed by atoms with Crippen LogP contribution in [0, 0.1) is 0 Å². The summed E-state index contributed by atoms with van der Waals surface area (Å²) in [5.74, 6) is -0.452. The molecule has 1 heterocycles. The third-order valence-corrected chi connectivity index (χ3v) is 5.67. The first-order valence-corrected chi connectivity index (χ1v) is 8.39. The molecule has 2 aromatic rings. The van der Waals surface area contributed by atoms with Crippen LogP contribution in [0.15, 0.2) is 27.9 Å². The van der Waals surface area contributed by atoms with E-state index in [2.05, 4.69) is 4.72 Å². The molecule has 1 aromatic heterocycles. The van der Waals surface area contributed by atoms with E-state index in [1.165, 1.54) is 23.6 Å². The van der Waals surface area contributed by atoms with Crippen LogP contribution in [0.25, 0.3) is 11.0 Å². The zero-order valence-electron chi connectivity index (χ0n) is 12.6. The average Bonchev–Trinajstić information content (AvgIpc) is 3.07. The molecule has 0 amide bonds. The predicted molar refractivity (Wildman–Crippen MR) is 81.4 cm³/mol. The second-order valence-electron chi connectivity index (χ2n) is 6.01. The Labute approximate surface area is 127 Å². The number of carbonyl (C=O) groups is 1. The highest BCUT2D eigenvalue weighted by atomic mass is 32.2. The molecule has 1 aliphatic carbocycles. The van der Waals surface area contributed by atoms with Gasteiger partial charge in [-0.25, -0.2) is 22.5 Å². The van der Waals surface area contributed by atoms with Crippen LogP contribution in [0.4, 0.5) is 0 Å². The molecule has 1 fully saturated rings. The van der Waals surface area contributed by atoms with Crippen molar-refractivity contribution < 1.29 is 13.2 Å². The van der Waals surface area contributed by atoms with Gasteiger partial charge in [0, 0.05) is 19.5 Å². The molecule has 1 N–H and O–H groups in total. The van der Waals surface area contributed by atoms with Crippen molar-refractivity contribution in [3.63, 3.8) is 0 Å². The number of fused-ring (bicyclic) bond motifs is 1. The van der Waals surface area contributed by atoms with Crippen molar-refractivity contribution >= 4 is 27.0 Å². The first kappa shape index (κ1) is 15.0. The van der Waals surface area contributed by atoms with Gasteiger partial charge in [0.2, 0.25) is 15.9 Å². The number of benzene rings is 1. The summed E-state index contributed by atoms with van der Waals surface area (Å²) in [5, 5.41) is 0. The van der Waals surface area contributed by atoms with Gasteiger partial charge in [-0.2, -0.15) is 0 Å². The predicted octanol–water partition coefficient (Wildman–Crippen LogP) is 0.831. The van der Waals surface area contributed by atoms with Crippen molar-refractivity contribution in [3.05, 3.63) is 28.7 Å². The first-order valence-electron chi connectivity index (χ1n) is 6.91. The third kappa shape index (κ3) is 2.28. The number of nitrogens with zero attached hydrogens (tertiary/aromatic N) is 2. The Morgan fingerprint density at radius 1 is 1.27 bits per heavy atom. The summed E-state index contributed by atoms with van der Waals surface area (Å²) in [4.78, 5) is 23.8. The number of sulfonamides is 1. The molecule has 0 atom stereocenters. The van der Waals surface area contributed by atoms with Gasteiger partial charge in [0.25, 0.3) is 0 Å². The van der Waals surface area contributed by atoms with Crippen molar-refractivity contribution in [3.8, 4) is 0 Å². The molecule has 22 heavy (non-hydrogen) atoms. The highest BCUT2D eigenvalue weighted by molar-refractivity contribution is 7.89. The van der Waals surface area contributed by atoms with Crippen molar-refractivity contribution in [1.29, 1.82) is 0 Å². The van der Waals surface area contributed by atoms with E-state index in [-0.39, 0.29) is 10.4 Å². The summed E-state index contributed by atoms with van der Waals surface area (Å²) in [7, 11) is -2.14. The Balaban J connectivity index is 2.19. The van der Waals surface area contributed by atoms with Crippen LogP contribution in [0.2, 0.25) is 0 Å². The van der Waals surface area contributed by atoms with E-state index >= 15 is 0 Å². The first-order chi connectivity index (χ1) is 10.1. The maximum Gasteiger partial charge on any atom is 0.335 e. The highest BCUT2D eigenvalue weighted by Crippen LogP contribution is 2.36. The Bertz CT molecular complexity index is 948. The van der Waals surface area contributed by atoms with Crippen LogP contribution in [0.5, 0.6) is 0 Å². The summed E-state index contributed by atoms with van der Waals surface area (Å²) in [6.07, 6.45) is 1.61. The maximum atomic E-state index is 12.4. The molecule has 0 saturated heterocycles. The van der Waals surface area contributed by atoms with E-state index in [0.717, 1.165) is 17.4 Å². The minimum absolute atomic E-state index is 0.0497. The summed E-state index contributed by atoms with van der Waals surface area (Å²) in [6, 6.07) is 4.35. The Kier molecular flexibility index (Phi) is 3.09. The van der Waals surface area contributed by atoms with Gasteiger partial charge in [-0.05, 0) is 38.0 Å².